The SMILES string of the molecule is N#CC1(NC(=O)[C@@H]2C[C@@H](S(=O)(=O)c3ccccc3Cl)C[C@H]2OCc2ccc(Cl)cc2C(F)(F)F)CC1.N#CC1(NC(=O)[C@H]2C[C@H](S(=O)(=O)c3ccccc3Cl)C[C@@H]2OCc2ccc(Cl)cc2C(F)(F)F)CC1. The van der Waals surface area contributed by atoms with Gasteiger partial charge >= 0.3 is 12.4 Å². The molecule has 12 nitrogen and oxygen atoms in total. The average Bonchev–Trinajstić information content (AvgIpc) is 4.17. The van der Waals surface area contributed by atoms with Gasteiger partial charge in [-0.25, -0.2) is 16.8 Å². The third-order valence-corrected chi connectivity index (χ3v) is 18.9. The fourth-order valence-electron chi connectivity index (χ4n) is 8.75. The molecule has 4 saturated carbocycles. The van der Waals surface area contributed by atoms with Gasteiger partial charge in [0.05, 0.1) is 90.9 Å². The molecule has 4 aliphatic rings. The van der Waals surface area contributed by atoms with E-state index in [1.54, 1.807) is 12.1 Å². The molecule has 0 bridgehead atoms. The van der Waals surface area contributed by atoms with E-state index in [0.717, 1.165) is 12.1 Å². The lowest BCUT2D eigenvalue weighted by atomic mass is 10.0. The Hall–Kier alpha value is -4.64. The highest BCUT2D eigenvalue weighted by Gasteiger charge is 2.52. The van der Waals surface area contributed by atoms with Crippen LogP contribution in [0.15, 0.2) is 94.7 Å². The van der Waals surface area contributed by atoms with Gasteiger partial charge in [-0.1, -0.05) is 82.8 Å². The Bertz CT molecular complexity index is 2850. The van der Waals surface area contributed by atoms with Gasteiger partial charge in [0.1, 0.15) is 11.1 Å². The van der Waals surface area contributed by atoms with Gasteiger partial charge in [-0.15, -0.1) is 0 Å². The van der Waals surface area contributed by atoms with Crippen LogP contribution < -0.4 is 10.6 Å². The molecule has 4 aromatic rings. The smallest absolute Gasteiger partial charge is 0.373 e. The van der Waals surface area contributed by atoms with Crippen LogP contribution in [-0.4, -0.2) is 62.4 Å². The molecule has 6 atom stereocenters. The number of hydrogen-bond acceptors (Lipinski definition) is 10. The zero-order valence-electron chi connectivity index (χ0n) is 37.4. The van der Waals surface area contributed by atoms with Crippen molar-refractivity contribution in [1.82, 2.24) is 10.6 Å². The number of benzene rings is 4. The number of rotatable bonds is 14. The quantitative estimate of drug-likeness (QED) is 0.115. The van der Waals surface area contributed by atoms with E-state index < -0.39 is 114 Å². The van der Waals surface area contributed by atoms with Gasteiger partial charge in [0.2, 0.25) is 11.8 Å². The summed E-state index contributed by atoms with van der Waals surface area (Å²) in [4.78, 5) is 25.9. The number of nitrogens with one attached hydrogen (secondary N) is 2. The number of carbonyl (C=O) groups is 2. The highest BCUT2D eigenvalue weighted by atomic mass is 35.5. The molecule has 4 fully saturated rings. The summed E-state index contributed by atoms with van der Waals surface area (Å²) in [6.45, 7) is -1.02. The first kappa shape index (κ1) is 55.1. The summed E-state index contributed by atoms with van der Waals surface area (Å²) in [6.07, 6.45) is -10.0. The van der Waals surface area contributed by atoms with Crippen LogP contribution in [0.25, 0.3) is 0 Å². The minimum absolute atomic E-state index is 0.0280. The highest BCUT2D eigenvalue weighted by Crippen LogP contribution is 2.44. The fraction of sp³-hybridized carbons (Fsp3) is 0.417. The van der Waals surface area contributed by atoms with Crippen LogP contribution in [-0.2, 0) is 64.3 Å². The zero-order valence-corrected chi connectivity index (χ0v) is 42.0. The number of nitriles is 2. The minimum atomic E-state index is -4.68. The van der Waals surface area contributed by atoms with Crippen molar-refractivity contribution >= 4 is 77.9 Å². The number of hydrogen-bond donors (Lipinski definition) is 2. The minimum Gasteiger partial charge on any atom is -0.373 e. The van der Waals surface area contributed by atoms with E-state index in [-0.39, 0.29) is 66.7 Å². The Morgan fingerprint density at radius 2 is 0.931 bits per heavy atom. The Morgan fingerprint density at radius 3 is 1.24 bits per heavy atom. The summed E-state index contributed by atoms with van der Waals surface area (Å²) < 4.78 is 146. The second-order valence-corrected chi connectivity index (χ2v) is 24.1. The maximum atomic E-state index is 13.5. The number of halogens is 10. The molecule has 4 aliphatic carbocycles. The lowest BCUT2D eigenvalue weighted by molar-refractivity contribution is -0.140. The summed E-state index contributed by atoms with van der Waals surface area (Å²) in [7, 11) is -7.95. The van der Waals surface area contributed by atoms with Crippen LogP contribution in [0.1, 0.15) is 73.6 Å². The van der Waals surface area contributed by atoms with Crippen LogP contribution in [0.5, 0.6) is 0 Å². The summed E-state index contributed by atoms with van der Waals surface area (Å²) in [6, 6.07) is 22.4. The first-order valence-electron chi connectivity index (χ1n) is 22.1. The third kappa shape index (κ3) is 12.5. The van der Waals surface area contributed by atoms with Crippen LogP contribution in [0, 0.1) is 34.5 Å². The summed E-state index contributed by atoms with van der Waals surface area (Å²) in [5.74, 6) is -3.11. The first-order chi connectivity index (χ1) is 33.7. The first-order valence-corrected chi connectivity index (χ1v) is 26.7. The topological polar surface area (TPSA) is 193 Å². The number of amides is 2. The van der Waals surface area contributed by atoms with E-state index >= 15 is 0 Å². The van der Waals surface area contributed by atoms with Crippen LogP contribution in [0.3, 0.4) is 0 Å². The zero-order chi connectivity index (χ0) is 52.6. The van der Waals surface area contributed by atoms with Crippen LogP contribution in [0.4, 0.5) is 26.3 Å². The molecule has 2 amide bonds. The van der Waals surface area contributed by atoms with Gasteiger partial charge in [0.15, 0.2) is 19.7 Å². The van der Waals surface area contributed by atoms with Crippen molar-refractivity contribution in [3.8, 4) is 12.1 Å². The molecule has 0 aromatic heterocycles. The van der Waals surface area contributed by atoms with Crippen molar-refractivity contribution in [3.05, 3.63) is 127 Å². The molecular formula is C48H42Cl4F6N4O8S2. The lowest BCUT2D eigenvalue weighted by Gasteiger charge is -2.22. The molecule has 0 radical (unpaired) electrons. The lowest BCUT2D eigenvalue weighted by Crippen LogP contribution is -2.42. The van der Waals surface area contributed by atoms with E-state index in [4.69, 9.17) is 55.9 Å². The third-order valence-electron chi connectivity index (χ3n) is 13.1. The number of ether oxygens (including phenoxy) is 2. The van der Waals surface area contributed by atoms with Crippen molar-refractivity contribution in [2.24, 2.45) is 11.8 Å². The molecule has 384 valence electrons. The van der Waals surface area contributed by atoms with Gasteiger partial charge in [-0.3, -0.25) is 9.59 Å². The van der Waals surface area contributed by atoms with E-state index in [9.17, 15) is 63.3 Å². The van der Waals surface area contributed by atoms with E-state index in [1.807, 2.05) is 12.1 Å². The molecule has 0 spiro atoms. The Kier molecular flexibility index (Phi) is 16.3. The van der Waals surface area contributed by atoms with Crippen LogP contribution in [0.2, 0.25) is 20.1 Å². The summed E-state index contributed by atoms with van der Waals surface area (Å²) in [5.41, 5.74) is -4.34. The molecular weight excluding hydrogens is 1080 g/mol. The van der Waals surface area contributed by atoms with Crippen molar-refractivity contribution in [3.63, 3.8) is 0 Å². The standard InChI is InChI=1S/2C24H21Cl2F3N2O4S/c2*25-15-6-5-14(18(9-15)24(27,28)29)12-35-20-11-16(36(33,34)21-4-2-1-3-19(21)26)10-17(20)22(32)31-23(13-30)7-8-23/h2*1-6,9,16-17,20H,7-8,10-12H2,(H,31,32)/t2*16-,17-,20-/m10/s1. The molecule has 2 N–H and O–H groups in total. The Labute approximate surface area is 430 Å². The molecule has 8 rings (SSSR count). The van der Waals surface area contributed by atoms with Gasteiger partial charge in [-0.05, 0) is 111 Å². The summed E-state index contributed by atoms with van der Waals surface area (Å²) >= 11 is 23.7. The maximum absolute atomic E-state index is 13.5. The van der Waals surface area contributed by atoms with Gasteiger partial charge in [0, 0.05) is 10.0 Å². The number of alkyl halides is 6. The molecule has 24 heteroatoms. The van der Waals surface area contributed by atoms with Gasteiger partial charge in [-0.2, -0.15) is 36.9 Å². The fourth-order valence-corrected chi connectivity index (χ4v) is 13.8. The largest absolute Gasteiger partial charge is 0.416 e. The van der Waals surface area contributed by atoms with Gasteiger partial charge in [0.25, 0.3) is 0 Å². The van der Waals surface area contributed by atoms with Crippen molar-refractivity contribution in [2.45, 2.75) is 121 Å². The normalized spacial score (nSPS) is 23.2. The average molecular weight is 1120 g/mol. The predicted molar refractivity (Wildman–Crippen MR) is 252 cm³/mol. The number of sulfone groups is 2. The number of carbonyl (C=O) groups excluding carboxylic acids is 2. The maximum Gasteiger partial charge on any atom is 0.416 e. The van der Waals surface area contributed by atoms with E-state index in [2.05, 4.69) is 10.6 Å². The Morgan fingerprint density at radius 1 is 0.583 bits per heavy atom. The summed E-state index contributed by atoms with van der Waals surface area (Å²) in [5, 5.41) is 21.7. The van der Waals surface area contributed by atoms with E-state index in [1.165, 1.54) is 60.7 Å². The van der Waals surface area contributed by atoms with Crippen molar-refractivity contribution in [1.29, 1.82) is 10.5 Å². The molecule has 0 aliphatic heterocycles. The van der Waals surface area contributed by atoms with Crippen molar-refractivity contribution in [2.75, 3.05) is 0 Å². The van der Waals surface area contributed by atoms with E-state index in [0.29, 0.717) is 25.7 Å². The highest BCUT2D eigenvalue weighted by molar-refractivity contribution is 7.92. The second-order valence-electron chi connectivity index (χ2n) is 18.0. The second kappa shape index (κ2) is 21.3. The van der Waals surface area contributed by atoms with Crippen LogP contribution >= 0.6 is 46.4 Å². The van der Waals surface area contributed by atoms with Crippen molar-refractivity contribution < 1.29 is 62.2 Å². The monoisotopic (exact) mass is 1120 g/mol. The molecule has 0 unspecified atom stereocenters. The number of nitrogens with zero attached hydrogens (tertiary/aromatic N) is 2. The molecule has 4 aromatic carbocycles. The molecule has 0 heterocycles. The molecule has 0 saturated heterocycles. The Balaban J connectivity index is 0.000000211. The van der Waals surface area contributed by atoms with Gasteiger partial charge < -0.3 is 20.1 Å². The predicted octanol–water partition coefficient (Wildman–Crippen LogP) is 10.6. The molecule has 72 heavy (non-hydrogen) atoms.